The quantitative estimate of drug-likeness (QED) is 0.649. The van der Waals surface area contributed by atoms with E-state index in [2.05, 4.69) is 0 Å². The molecule has 0 heterocycles. The molecule has 0 unspecified atom stereocenters. The lowest BCUT2D eigenvalue weighted by Gasteiger charge is -2.09. The van der Waals surface area contributed by atoms with Gasteiger partial charge >= 0.3 is 0 Å². The lowest BCUT2D eigenvalue weighted by atomic mass is 10.00. The van der Waals surface area contributed by atoms with Gasteiger partial charge in [-0.2, -0.15) is 0 Å². The third kappa shape index (κ3) is 2.23. The van der Waals surface area contributed by atoms with Crippen molar-refractivity contribution < 1.29 is 17.9 Å². The van der Waals surface area contributed by atoms with Gasteiger partial charge in [0.15, 0.2) is 11.6 Å². The van der Waals surface area contributed by atoms with E-state index >= 15 is 0 Å². The van der Waals surface area contributed by atoms with Crippen LogP contribution in [0.3, 0.4) is 0 Å². The molecule has 0 saturated carbocycles. The van der Waals surface area contributed by atoms with E-state index < -0.39 is 17.5 Å². The minimum Gasteiger partial charge on any atom is -0.497 e. The summed E-state index contributed by atoms with van der Waals surface area (Å²) >= 11 is 0. The topological polar surface area (TPSA) is 9.23 Å². The van der Waals surface area contributed by atoms with Crippen LogP contribution in [0.1, 0.15) is 0 Å². The van der Waals surface area contributed by atoms with E-state index in [1.54, 1.807) is 36.4 Å². The van der Waals surface area contributed by atoms with Crippen LogP contribution in [0.2, 0.25) is 0 Å². The molecule has 3 aromatic rings. The molecule has 3 aromatic carbocycles. The third-order valence-corrected chi connectivity index (χ3v) is 3.41. The second-order valence-electron chi connectivity index (χ2n) is 4.62. The molecular weight excluding hydrogens is 277 g/mol. The number of rotatable bonds is 2. The monoisotopic (exact) mass is 288 g/mol. The maximum absolute atomic E-state index is 14.5. The molecule has 3 rings (SSSR count). The lowest BCUT2D eigenvalue weighted by Crippen LogP contribution is -1.93. The zero-order valence-corrected chi connectivity index (χ0v) is 11.2. The summed E-state index contributed by atoms with van der Waals surface area (Å²) in [6.45, 7) is 0. The third-order valence-electron chi connectivity index (χ3n) is 3.41. The van der Waals surface area contributed by atoms with Crippen LogP contribution in [0.15, 0.2) is 48.5 Å². The lowest BCUT2D eigenvalue weighted by molar-refractivity contribution is 0.415. The SMILES string of the molecule is COc1ccc(-c2ccc3ccc(F)c(F)c3c2F)cc1. The van der Waals surface area contributed by atoms with E-state index in [0.717, 1.165) is 6.07 Å². The summed E-state index contributed by atoms with van der Waals surface area (Å²) in [6, 6.07) is 12.2. The van der Waals surface area contributed by atoms with Gasteiger partial charge in [0.05, 0.1) is 12.5 Å². The first-order valence-corrected chi connectivity index (χ1v) is 6.32. The van der Waals surface area contributed by atoms with E-state index in [-0.39, 0.29) is 10.9 Å². The van der Waals surface area contributed by atoms with E-state index in [1.807, 2.05) is 0 Å². The second kappa shape index (κ2) is 5.13. The van der Waals surface area contributed by atoms with Gasteiger partial charge in [0.2, 0.25) is 0 Å². The number of ether oxygens (including phenoxy) is 1. The minimum absolute atomic E-state index is 0.217. The summed E-state index contributed by atoms with van der Waals surface area (Å²) in [6.07, 6.45) is 0. The van der Waals surface area contributed by atoms with Gasteiger partial charge in [0.25, 0.3) is 0 Å². The summed E-state index contributed by atoms with van der Waals surface area (Å²) < 4.78 is 46.7. The van der Waals surface area contributed by atoms with E-state index in [1.165, 1.54) is 13.2 Å². The number of halogens is 3. The Morgan fingerprint density at radius 3 is 2.10 bits per heavy atom. The standard InChI is InChI=1S/C17H11F3O/c1-21-12-6-2-10(3-7-12)13-8-4-11-5-9-14(18)17(20)15(11)16(13)19/h2-9H,1H3. The largest absolute Gasteiger partial charge is 0.497 e. The first kappa shape index (κ1) is 13.5. The summed E-state index contributed by atoms with van der Waals surface area (Å²) in [7, 11) is 1.53. The number of hydrogen-bond donors (Lipinski definition) is 0. The van der Waals surface area contributed by atoms with Crippen LogP contribution >= 0.6 is 0 Å². The maximum Gasteiger partial charge on any atom is 0.169 e. The molecule has 0 radical (unpaired) electrons. The molecule has 106 valence electrons. The Bertz CT molecular complexity index is 810. The number of methoxy groups -OCH3 is 1. The zero-order chi connectivity index (χ0) is 15.0. The highest BCUT2D eigenvalue weighted by Gasteiger charge is 2.15. The molecule has 0 bridgehead atoms. The van der Waals surface area contributed by atoms with Gasteiger partial charge in [0.1, 0.15) is 11.6 Å². The molecule has 21 heavy (non-hydrogen) atoms. The van der Waals surface area contributed by atoms with Crippen molar-refractivity contribution in [3.05, 3.63) is 66.0 Å². The van der Waals surface area contributed by atoms with Crippen molar-refractivity contribution in [3.63, 3.8) is 0 Å². The average Bonchev–Trinajstić information content (AvgIpc) is 2.51. The Kier molecular flexibility index (Phi) is 3.29. The van der Waals surface area contributed by atoms with Crippen LogP contribution in [-0.4, -0.2) is 7.11 Å². The van der Waals surface area contributed by atoms with Crippen LogP contribution in [0, 0.1) is 17.5 Å². The molecule has 0 aliphatic rings. The van der Waals surface area contributed by atoms with Crippen molar-refractivity contribution in [2.75, 3.05) is 7.11 Å². The summed E-state index contributed by atoms with van der Waals surface area (Å²) in [4.78, 5) is 0. The predicted molar refractivity (Wildman–Crippen MR) is 75.8 cm³/mol. The summed E-state index contributed by atoms with van der Waals surface area (Å²) in [5.41, 5.74) is 0.786. The van der Waals surface area contributed by atoms with Crippen LogP contribution in [0.5, 0.6) is 5.75 Å². The maximum atomic E-state index is 14.5. The average molecular weight is 288 g/mol. The van der Waals surface area contributed by atoms with Crippen LogP contribution < -0.4 is 4.74 Å². The van der Waals surface area contributed by atoms with Gasteiger partial charge < -0.3 is 4.74 Å². The highest BCUT2D eigenvalue weighted by molar-refractivity contribution is 5.88. The van der Waals surface area contributed by atoms with Crippen LogP contribution in [0.25, 0.3) is 21.9 Å². The van der Waals surface area contributed by atoms with Gasteiger partial charge in [-0.05, 0) is 29.1 Å². The van der Waals surface area contributed by atoms with Crippen molar-refractivity contribution in [3.8, 4) is 16.9 Å². The van der Waals surface area contributed by atoms with Gasteiger partial charge in [-0.3, -0.25) is 0 Å². The number of fused-ring (bicyclic) bond motifs is 1. The van der Waals surface area contributed by atoms with E-state index in [9.17, 15) is 13.2 Å². The van der Waals surface area contributed by atoms with Crippen LogP contribution in [0.4, 0.5) is 13.2 Å². The highest BCUT2D eigenvalue weighted by atomic mass is 19.2. The summed E-state index contributed by atoms with van der Waals surface area (Å²) in [5, 5.41) is -0.00743. The molecule has 0 aliphatic heterocycles. The van der Waals surface area contributed by atoms with Crippen molar-refractivity contribution in [1.29, 1.82) is 0 Å². The fourth-order valence-corrected chi connectivity index (χ4v) is 2.30. The highest BCUT2D eigenvalue weighted by Crippen LogP contribution is 2.32. The van der Waals surface area contributed by atoms with Gasteiger partial charge in [-0.1, -0.05) is 30.3 Å². The van der Waals surface area contributed by atoms with Crippen molar-refractivity contribution in [2.45, 2.75) is 0 Å². The Morgan fingerprint density at radius 2 is 1.43 bits per heavy atom. The fourth-order valence-electron chi connectivity index (χ4n) is 2.30. The molecule has 0 aliphatic carbocycles. The molecule has 1 nitrogen and oxygen atoms in total. The minimum atomic E-state index is -1.17. The fraction of sp³-hybridized carbons (Fsp3) is 0.0588. The summed E-state index contributed by atoms with van der Waals surface area (Å²) in [5.74, 6) is -2.36. The Labute approximate surface area is 119 Å². The van der Waals surface area contributed by atoms with E-state index in [0.29, 0.717) is 16.7 Å². The Hall–Kier alpha value is -2.49. The van der Waals surface area contributed by atoms with Crippen LogP contribution in [-0.2, 0) is 0 Å². The van der Waals surface area contributed by atoms with Gasteiger partial charge in [-0.15, -0.1) is 0 Å². The van der Waals surface area contributed by atoms with Crippen molar-refractivity contribution >= 4 is 10.8 Å². The first-order chi connectivity index (χ1) is 10.1. The Morgan fingerprint density at radius 1 is 0.762 bits per heavy atom. The molecule has 0 N–H and O–H groups in total. The first-order valence-electron chi connectivity index (χ1n) is 6.32. The zero-order valence-electron chi connectivity index (χ0n) is 11.2. The van der Waals surface area contributed by atoms with Gasteiger partial charge in [0, 0.05) is 5.56 Å². The molecule has 0 saturated heterocycles. The number of hydrogen-bond acceptors (Lipinski definition) is 1. The van der Waals surface area contributed by atoms with Crippen molar-refractivity contribution in [2.24, 2.45) is 0 Å². The molecule has 0 atom stereocenters. The second-order valence-corrected chi connectivity index (χ2v) is 4.62. The molecule has 4 heteroatoms. The normalized spacial score (nSPS) is 10.9. The smallest absolute Gasteiger partial charge is 0.169 e. The van der Waals surface area contributed by atoms with Crippen molar-refractivity contribution in [1.82, 2.24) is 0 Å². The Balaban J connectivity index is 2.23. The molecule has 0 amide bonds. The van der Waals surface area contributed by atoms with E-state index in [4.69, 9.17) is 4.74 Å². The molecular formula is C17H11F3O. The predicted octanol–water partition coefficient (Wildman–Crippen LogP) is 4.93. The molecule has 0 fully saturated rings. The molecule has 0 aromatic heterocycles. The van der Waals surface area contributed by atoms with Gasteiger partial charge in [-0.25, -0.2) is 13.2 Å². The molecule has 0 spiro atoms. The number of benzene rings is 3.